The van der Waals surface area contributed by atoms with E-state index in [1.54, 1.807) is 0 Å². The first kappa shape index (κ1) is 12.5. The number of carbonyl (C=O) groups excluding carboxylic acids is 1. The zero-order chi connectivity index (χ0) is 11.8. The smallest absolute Gasteiger partial charge is 0.323 e. The van der Waals surface area contributed by atoms with Crippen LogP contribution in [0.1, 0.15) is 12.0 Å². The van der Waals surface area contributed by atoms with Crippen molar-refractivity contribution in [1.29, 1.82) is 0 Å². The van der Waals surface area contributed by atoms with E-state index in [0.29, 0.717) is 6.42 Å². The number of ether oxygens (including phenoxy) is 1. The quantitative estimate of drug-likeness (QED) is 0.585. The summed E-state index contributed by atoms with van der Waals surface area (Å²) >= 11 is 0. The third-order valence-corrected chi connectivity index (χ3v) is 2.23. The summed E-state index contributed by atoms with van der Waals surface area (Å²) in [5, 5.41) is 0. The molecule has 0 saturated heterocycles. The first-order valence-electron chi connectivity index (χ1n) is 5.31. The molecule has 0 unspecified atom stereocenters. The highest BCUT2D eigenvalue weighted by atomic mass is 16.5. The molecule has 3 nitrogen and oxygen atoms in total. The monoisotopic (exact) mass is 219 g/mol. The molecule has 86 valence electrons. The third kappa shape index (κ3) is 4.28. The van der Waals surface area contributed by atoms with E-state index in [2.05, 4.69) is 6.58 Å². The fourth-order valence-corrected chi connectivity index (χ4v) is 1.33. The maximum atomic E-state index is 11.3. The van der Waals surface area contributed by atoms with Gasteiger partial charge in [-0.1, -0.05) is 43.0 Å². The second kappa shape index (κ2) is 6.80. The molecular weight excluding hydrogens is 202 g/mol. The van der Waals surface area contributed by atoms with E-state index in [1.807, 2.05) is 30.3 Å². The number of carbonyl (C=O) groups is 1. The van der Waals surface area contributed by atoms with Gasteiger partial charge in [0.05, 0.1) is 0 Å². The molecule has 16 heavy (non-hydrogen) atoms. The van der Waals surface area contributed by atoms with Gasteiger partial charge in [-0.25, -0.2) is 0 Å². The summed E-state index contributed by atoms with van der Waals surface area (Å²) in [5.74, 6) is -0.365. The topological polar surface area (TPSA) is 52.3 Å². The fourth-order valence-electron chi connectivity index (χ4n) is 1.33. The van der Waals surface area contributed by atoms with Crippen molar-refractivity contribution in [3.05, 3.63) is 48.6 Å². The Labute approximate surface area is 95.9 Å². The molecule has 2 N–H and O–H groups in total. The Morgan fingerprint density at radius 2 is 2.12 bits per heavy atom. The van der Waals surface area contributed by atoms with Crippen molar-refractivity contribution in [2.24, 2.45) is 5.73 Å². The maximum Gasteiger partial charge on any atom is 0.323 e. The molecule has 0 aromatic heterocycles. The minimum absolute atomic E-state index is 0.220. The number of hydrogen-bond donors (Lipinski definition) is 1. The molecule has 3 heteroatoms. The fraction of sp³-hybridized carbons (Fsp3) is 0.308. The third-order valence-electron chi connectivity index (χ3n) is 2.23. The highest BCUT2D eigenvalue weighted by molar-refractivity contribution is 5.75. The van der Waals surface area contributed by atoms with Crippen molar-refractivity contribution in [3.63, 3.8) is 0 Å². The van der Waals surface area contributed by atoms with Crippen LogP contribution in [0.25, 0.3) is 0 Å². The minimum Gasteiger partial charge on any atom is -0.460 e. The van der Waals surface area contributed by atoms with Gasteiger partial charge in [0.25, 0.3) is 0 Å². The molecule has 1 rings (SSSR count). The Morgan fingerprint density at radius 1 is 1.44 bits per heavy atom. The van der Waals surface area contributed by atoms with Gasteiger partial charge in [-0.2, -0.15) is 0 Å². The van der Waals surface area contributed by atoms with E-state index in [9.17, 15) is 4.79 Å². The van der Waals surface area contributed by atoms with Gasteiger partial charge in [-0.15, -0.1) is 0 Å². The largest absolute Gasteiger partial charge is 0.460 e. The maximum absolute atomic E-state index is 11.3. The SMILES string of the molecule is C=CCOC(=O)[C@H](N)CCc1ccccc1. The molecule has 0 spiro atoms. The average Bonchev–Trinajstić information content (AvgIpc) is 2.34. The van der Waals surface area contributed by atoms with Crippen LogP contribution < -0.4 is 5.73 Å². The standard InChI is InChI=1S/C13H17NO2/c1-2-10-16-13(15)12(14)9-8-11-6-4-3-5-7-11/h2-7,12H,1,8-10,14H2/t12-/m1/s1. The molecule has 0 saturated carbocycles. The summed E-state index contributed by atoms with van der Waals surface area (Å²) in [6.07, 6.45) is 2.91. The van der Waals surface area contributed by atoms with Crippen molar-refractivity contribution < 1.29 is 9.53 Å². The van der Waals surface area contributed by atoms with Gasteiger partial charge in [0.15, 0.2) is 0 Å². The van der Waals surface area contributed by atoms with E-state index in [-0.39, 0.29) is 12.6 Å². The Bertz CT molecular complexity index is 335. The van der Waals surface area contributed by atoms with E-state index in [1.165, 1.54) is 11.6 Å². The van der Waals surface area contributed by atoms with Crippen LogP contribution in [0, 0.1) is 0 Å². The first-order chi connectivity index (χ1) is 7.74. The van der Waals surface area contributed by atoms with Gasteiger partial charge in [0.2, 0.25) is 0 Å². The molecule has 0 bridgehead atoms. The van der Waals surface area contributed by atoms with E-state index >= 15 is 0 Å². The van der Waals surface area contributed by atoms with Crippen LogP contribution in [-0.4, -0.2) is 18.6 Å². The number of nitrogens with two attached hydrogens (primary N) is 1. The lowest BCUT2D eigenvalue weighted by Crippen LogP contribution is -2.32. The van der Waals surface area contributed by atoms with Gasteiger partial charge in [0, 0.05) is 0 Å². The van der Waals surface area contributed by atoms with Crippen molar-refractivity contribution in [2.45, 2.75) is 18.9 Å². The van der Waals surface area contributed by atoms with Gasteiger partial charge >= 0.3 is 5.97 Å². The van der Waals surface area contributed by atoms with Crippen LogP contribution in [0.5, 0.6) is 0 Å². The molecule has 0 amide bonds. The minimum atomic E-state index is -0.555. The number of rotatable bonds is 6. The zero-order valence-corrected chi connectivity index (χ0v) is 9.26. The van der Waals surface area contributed by atoms with Gasteiger partial charge in [-0.3, -0.25) is 4.79 Å². The Morgan fingerprint density at radius 3 is 2.75 bits per heavy atom. The van der Waals surface area contributed by atoms with Crippen molar-refractivity contribution in [2.75, 3.05) is 6.61 Å². The summed E-state index contributed by atoms with van der Waals surface area (Å²) in [4.78, 5) is 11.3. The summed E-state index contributed by atoms with van der Waals surface area (Å²) in [7, 11) is 0. The van der Waals surface area contributed by atoms with Gasteiger partial charge < -0.3 is 10.5 Å². The number of esters is 1. The Kier molecular flexibility index (Phi) is 5.29. The van der Waals surface area contributed by atoms with E-state index < -0.39 is 6.04 Å². The molecule has 1 aromatic rings. The van der Waals surface area contributed by atoms with Gasteiger partial charge in [-0.05, 0) is 18.4 Å². The van der Waals surface area contributed by atoms with Crippen LogP contribution in [0.3, 0.4) is 0 Å². The first-order valence-corrected chi connectivity index (χ1v) is 5.31. The van der Waals surface area contributed by atoms with Crippen LogP contribution >= 0.6 is 0 Å². The zero-order valence-electron chi connectivity index (χ0n) is 9.26. The average molecular weight is 219 g/mol. The molecule has 0 aliphatic heterocycles. The summed E-state index contributed by atoms with van der Waals surface area (Å²) < 4.78 is 4.86. The molecule has 0 heterocycles. The van der Waals surface area contributed by atoms with Crippen molar-refractivity contribution in [3.8, 4) is 0 Å². The van der Waals surface area contributed by atoms with Crippen molar-refractivity contribution >= 4 is 5.97 Å². The lowest BCUT2D eigenvalue weighted by Gasteiger charge is -2.10. The number of hydrogen-bond acceptors (Lipinski definition) is 3. The molecule has 1 atom stereocenters. The predicted molar refractivity (Wildman–Crippen MR) is 63.9 cm³/mol. The van der Waals surface area contributed by atoms with Crippen LogP contribution in [-0.2, 0) is 16.0 Å². The second-order valence-electron chi connectivity index (χ2n) is 3.55. The lowest BCUT2D eigenvalue weighted by molar-refractivity contribution is -0.144. The molecule has 0 aliphatic rings. The van der Waals surface area contributed by atoms with Gasteiger partial charge in [0.1, 0.15) is 12.6 Å². The lowest BCUT2D eigenvalue weighted by atomic mass is 10.1. The molecule has 0 radical (unpaired) electrons. The van der Waals surface area contributed by atoms with E-state index in [0.717, 1.165) is 6.42 Å². The molecule has 1 aromatic carbocycles. The van der Waals surface area contributed by atoms with Crippen LogP contribution in [0.4, 0.5) is 0 Å². The van der Waals surface area contributed by atoms with Crippen LogP contribution in [0.2, 0.25) is 0 Å². The normalized spacial score (nSPS) is 11.8. The highest BCUT2D eigenvalue weighted by Gasteiger charge is 2.13. The van der Waals surface area contributed by atoms with Crippen molar-refractivity contribution in [1.82, 2.24) is 0 Å². The molecule has 0 fully saturated rings. The second-order valence-corrected chi connectivity index (χ2v) is 3.55. The Hall–Kier alpha value is -1.61. The summed E-state index contributed by atoms with van der Waals surface area (Å²) in [6, 6.07) is 9.37. The molecule has 0 aliphatic carbocycles. The summed E-state index contributed by atoms with van der Waals surface area (Å²) in [6.45, 7) is 3.69. The molecular formula is C13H17NO2. The number of aryl methyl sites for hydroxylation is 1. The number of benzene rings is 1. The van der Waals surface area contributed by atoms with Crippen LogP contribution in [0.15, 0.2) is 43.0 Å². The summed E-state index contributed by atoms with van der Waals surface area (Å²) in [5.41, 5.74) is 6.87. The Balaban J connectivity index is 2.32. The predicted octanol–water partition coefficient (Wildman–Crippen LogP) is 1.68. The highest BCUT2D eigenvalue weighted by Crippen LogP contribution is 2.04. The van der Waals surface area contributed by atoms with E-state index in [4.69, 9.17) is 10.5 Å².